The van der Waals surface area contributed by atoms with Crippen LogP contribution in [0.2, 0.25) is 5.02 Å². The summed E-state index contributed by atoms with van der Waals surface area (Å²) in [6, 6.07) is 13.6. The Morgan fingerprint density at radius 2 is 1.89 bits per heavy atom. The summed E-state index contributed by atoms with van der Waals surface area (Å²) in [5.41, 5.74) is 4.61. The third-order valence-corrected chi connectivity index (χ3v) is 5.93. The Hall–Kier alpha value is -2.66. The van der Waals surface area contributed by atoms with Crippen molar-refractivity contribution in [3.05, 3.63) is 64.5 Å². The molecular formula is C22H20ClN3O2. The standard InChI is InChI=1S/C22H20ClN3O2/c23-17-10-8-15(9-11-17)21-24-22(28-25-21)16-12-20(27)26(13-16)19-7-3-5-14-4-1-2-6-18(14)19/h3,5,7-11,16H,1-2,4,6,12-13H2. The van der Waals surface area contributed by atoms with Gasteiger partial charge in [0.25, 0.3) is 0 Å². The molecule has 2 aromatic carbocycles. The van der Waals surface area contributed by atoms with E-state index in [1.54, 1.807) is 12.1 Å². The lowest BCUT2D eigenvalue weighted by atomic mass is 9.90. The predicted molar refractivity (Wildman–Crippen MR) is 108 cm³/mol. The fourth-order valence-electron chi connectivity index (χ4n) is 4.24. The number of hydrogen-bond donors (Lipinski definition) is 0. The largest absolute Gasteiger partial charge is 0.339 e. The van der Waals surface area contributed by atoms with E-state index >= 15 is 0 Å². The van der Waals surface area contributed by atoms with E-state index in [0.29, 0.717) is 29.7 Å². The minimum atomic E-state index is -0.0829. The van der Waals surface area contributed by atoms with Crippen LogP contribution in [0.3, 0.4) is 0 Å². The quantitative estimate of drug-likeness (QED) is 0.642. The van der Waals surface area contributed by atoms with Gasteiger partial charge in [0.1, 0.15) is 0 Å². The Morgan fingerprint density at radius 1 is 1.07 bits per heavy atom. The number of benzene rings is 2. The predicted octanol–water partition coefficient (Wildman–Crippen LogP) is 4.79. The molecule has 28 heavy (non-hydrogen) atoms. The molecule has 6 heteroatoms. The lowest BCUT2D eigenvalue weighted by molar-refractivity contribution is -0.117. The lowest BCUT2D eigenvalue weighted by Gasteiger charge is -2.25. The maximum Gasteiger partial charge on any atom is 0.232 e. The molecule has 2 heterocycles. The summed E-state index contributed by atoms with van der Waals surface area (Å²) in [5.74, 6) is 1.08. The highest BCUT2D eigenvalue weighted by molar-refractivity contribution is 6.30. The van der Waals surface area contributed by atoms with Gasteiger partial charge >= 0.3 is 0 Å². The van der Waals surface area contributed by atoms with E-state index in [1.807, 2.05) is 17.0 Å². The zero-order valence-electron chi connectivity index (χ0n) is 15.4. The molecule has 2 aliphatic rings. The number of carbonyl (C=O) groups is 1. The molecule has 0 spiro atoms. The van der Waals surface area contributed by atoms with Gasteiger partial charge in [-0.25, -0.2) is 0 Å². The summed E-state index contributed by atoms with van der Waals surface area (Å²) in [5, 5.41) is 4.76. The minimum absolute atomic E-state index is 0.0829. The summed E-state index contributed by atoms with van der Waals surface area (Å²) in [7, 11) is 0. The Bertz CT molecular complexity index is 1030. The maximum atomic E-state index is 12.8. The Balaban J connectivity index is 1.40. The second-order valence-electron chi connectivity index (χ2n) is 7.49. The molecule has 0 bridgehead atoms. The molecule has 5 nitrogen and oxygen atoms in total. The van der Waals surface area contributed by atoms with Crippen molar-refractivity contribution in [2.75, 3.05) is 11.4 Å². The number of amides is 1. The van der Waals surface area contributed by atoms with E-state index in [0.717, 1.165) is 24.1 Å². The van der Waals surface area contributed by atoms with Crippen LogP contribution < -0.4 is 4.90 Å². The maximum absolute atomic E-state index is 12.8. The number of fused-ring (bicyclic) bond motifs is 1. The van der Waals surface area contributed by atoms with E-state index in [1.165, 1.54) is 24.0 Å². The summed E-state index contributed by atoms with van der Waals surface area (Å²) in [4.78, 5) is 19.2. The van der Waals surface area contributed by atoms with Crippen LogP contribution in [-0.4, -0.2) is 22.6 Å². The normalized spacial score (nSPS) is 19.1. The van der Waals surface area contributed by atoms with E-state index in [2.05, 4.69) is 28.3 Å². The summed E-state index contributed by atoms with van der Waals surface area (Å²) in [6.07, 6.45) is 4.95. The van der Waals surface area contributed by atoms with Gasteiger partial charge in [-0.05, 0) is 67.1 Å². The number of anilines is 1. The Labute approximate surface area is 168 Å². The third kappa shape index (κ3) is 3.10. The number of nitrogens with zero attached hydrogens (tertiary/aromatic N) is 3. The van der Waals surface area contributed by atoms with E-state index in [4.69, 9.17) is 16.1 Å². The van der Waals surface area contributed by atoms with Crippen LogP contribution in [0.25, 0.3) is 11.4 Å². The minimum Gasteiger partial charge on any atom is -0.339 e. The van der Waals surface area contributed by atoms with Crippen LogP contribution in [0.5, 0.6) is 0 Å². The summed E-state index contributed by atoms with van der Waals surface area (Å²) in [6.45, 7) is 0.581. The number of rotatable bonds is 3. The fourth-order valence-corrected chi connectivity index (χ4v) is 4.36. The van der Waals surface area contributed by atoms with Gasteiger partial charge in [-0.15, -0.1) is 0 Å². The van der Waals surface area contributed by atoms with Crippen LogP contribution in [0.1, 0.15) is 42.2 Å². The van der Waals surface area contributed by atoms with Crippen molar-refractivity contribution in [3.63, 3.8) is 0 Å². The lowest BCUT2D eigenvalue weighted by Crippen LogP contribution is -2.26. The number of carbonyl (C=O) groups excluding carboxylic acids is 1. The van der Waals surface area contributed by atoms with E-state index < -0.39 is 0 Å². The number of aryl methyl sites for hydroxylation is 1. The van der Waals surface area contributed by atoms with Crippen molar-refractivity contribution in [1.29, 1.82) is 0 Å². The topological polar surface area (TPSA) is 59.2 Å². The average Bonchev–Trinajstić information content (AvgIpc) is 3.35. The molecule has 1 unspecified atom stereocenters. The van der Waals surface area contributed by atoms with Crippen LogP contribution >= 0.6 is 11.6 Å². The number of hydrogen-bond acceptors (Lipinski definition) is 4. The van der Waals surface area contributed by atoms with Gasteiger partial charge in [-0.1, -0.05) is 28.9 Å². The van der Waals surface area contributed by atoms with E-state index in [-0.39, 0.29) is 11.8 Å². The van der Waals surface area contributed by atoms with Crippen molar-refractivity contribution in [1.82, 2.24) is 10.1 Å². The molecule has 142 valence electrons. The van der Waals surface area contributed by atoms with Gasteiger partial charge in [0.15, 0.2) is 0 Å². The van der Waals surface area contributed by atoms with Crippen molar-refractivity contribution >= 4 is 23.2 Å². The molecule has 1 amide bonds. The van der Waals surface area contributed by atoms with Crippen molar-refractivity contribution in [3.8, 4) is 11.4 Å². The molecule has 3 aromatic rings. The Morgan fingerprint density at radius 3 is 2.75 bits per heavy atom. The fraction of sp³-hybridized carbons (Fsp3) is 0.318. The highest BCUT2D eigenvalue weighted by atomic mass is 35.5. The number of aromatic nitrogens is 2. The van der Waals surface area contributed by atoms with Crippen LogP contribution in [0.4, 0.5) is 5.69 Å². The first-order chi connectivity index (χ1) is 13.7. The van der Waals surface area contributed by atoms with Crippen LogP contribution in [0.15, 0.2) is 47.0 Å². The first kappa shape index (κ1) is 17.4. The zero-order valence-corrected chi connectivity index (χ0v) is 16.2. The first-order valence-corrected chi connectivity index (χ1v) is 10.1. The highest BCUT2D eigenvalue weighted by Gasteiger charge is 2.36. The second-order valence-corrected chi connectivity index (χ2v) is 7.93. The van der Waals surface area contributed by atoms with Gasteiger partial charge in [0.05, 0.1) is 5.92 Å². The molecule has 1 fully saturated rings. The third-order valence-electron chi connectivity index (χ3n) is 5.68. The average molecular weight is 394 g/mol. The summed E-state index contributed by atoms with van der Waals surface area (Å²) < 4.78 is 5.51. The Kier molecular flexibility index (Phi) is 4.40. The molecule has 5 rings (SSSR count). The molecule has 1 saturated heterocycles. The highest BCUT2D eigenvalue weighted by Crippen LogP contribution is 2.36. The van der Waals surface area contributed by atoms with Crippen molar-refractivity contribution in [2.24, 2.45) is 0 Å². The molecule has 1 aliphatic carbocycles. The first-order valence-electron chi connectivity index (χ1n) is 9.70. The monoisotopic (exact) mass is 393 g/mol. The molecule has 0 radical (unpaired) electrons. The molecule has 0 saturated carbocycles. The smallest absolute Gasteiger partial charge is 0.232 e. The molecule has 1 aromatic heterocycles. The van der Waals surface area contributed by atoms with Crippen LogP contribution in [0, 0.1) is 0 Å². The second kappa shape index (κ2) is 7.06. The van der Waals surface area contributed by atoms with Crippen molar-refractivity contribution < 1.29 is 9.32 Å². The zero-order chi connectivity index (χ0) is 19.1. The molecule has 0 N–H and O–H groups in total. The van der Waals surface area contributed by atoms with Gasteiger partial charge in [0, 0.05) is 29.2 Å². The van der Waals surface area contributed by atoms with Gasteiger partial charge in [-0.3, -0.25) is 4.79 Å². The SMILES string of the molecule is O=C1CC(c2nc(-c3ccc(Cl)cc3)no2)CN1c1cccc2c1CCCC2. The van der Waals surface area contributed by atoms with Crippen LogP contribution in [-0.2, 0) is 17.6 Å². The van der Waals surface area contributed by atoms with Gasteiger partial charge in [-0.2, -0.15) is 4.98 Å². The number of halogens is 1. The molecular weight excluding hydrogens is 374 g/mol. The van der Waals surface area contributed by atoms with Gasteiger partial charge < -0.3 is 9.42 Å². The summed E-state index contributed by atoms with van der Waals surface area (Å²) >= 11 is 5.94. The molecule has 1 aliphatic heterocycles. The van der Waals surface area contributed by atoms with Gasteiger partial charge in [0.2, 0.25) is 17.6 Å². The van der Waals surface area contributed by atoms with Crippen molar-refractivity contribution in [2.45, 2.75) is 38.0 Å². The molecule has 1 atom stereocenters. The van der Waals surface area contributed by atoms with E-state index in [9.17, 15) is 4.79 Å².